The molecule has 1 aromatic carbocycles. The molecule has 27 heavy (non-hydrogen) atoms. The summed E-state index contributed by atoms with van der Waals surface area (Å²) in [6, 6.07) is 8.98. The summed E-state index contributed by atoms with van der Waals surface area (Å²) in [7, 11) is -3.62. The van der Waals surface area contributed by atoms with Crippen LogP contribution in [0.3, 0.4) is 0 Å². The van der Waals surface area contributed by atoms with Gasteiger partial charge in [-0.25, -0.2) is 8.42 Å². The molecule has 1 amide bonds. The first-order chi connectivity index (χ1) is 13.0. The molecule has 0 unspecified atom stereocenters. The minimum absolute atomic E-state index is 0.0745. The van der Waals surface area contributed by atoms with Crippen molar-refractivity contribution in [1.29, 1.82) is 0 Å². The van der Waals surface area contributed by atoms with Gasteiger partial charge in [-0.05, 0) is 25.1 Å². The third-order valence-corrected chi connectivity index (χ3v) is 6.06. The summed E-state index contributed by atoms with van der Waals surface area (Å²) >= 11 is 0. The Labute approximate surface area is 158 Å². The van der Waals surface area contributed by atoms with E-state index < -0.39 is 10.0 Å². The van der Waals surface area contributed by atoms with Crippen LogP contribution in [0.5, 0.6) is 5.75 Å². The Morgan fingerprint density at radius 1 is 1.26 bits per heavy atom. The number of sulfonamides is 1. The fourth-order valence-corrected chi connectivity index (χ4v) is 4.06. The largest absolute Gasteiger partial charge is 0.492 e. The molecule has 0 spiro atoms. The van der Waals surface area contributed by atoms with Gasteiger partial charge in [0, 0.05) is 19.3 Å². The molecule has 0 bridgehead atoms. The van der Waals surface area contributed by atoms with Crippen molar-refractivity contribution in [2.75, 3.05) is 39.5 Å². The van der Waals surface area contributed by atoms with Crippen LogP contribution in [0.2, 0.25) is 0 Å². The van der Waals surface area contributed by atoms with Crippen molar-refractivity contribution in [2.24, 2.45) is 0 Å². The van der Waals surface area contributed by atoms with Gasteiger partial charge in [-0.15, -0.1) is 0 Å². The van der Waals surface area contributed by atoms with Crippen molar-refractivity contribution in [2.45, 2.75) is 11.8 Å². The van der Waals surface area contributed by atoms with E-state index in [1.54, 1.807) is 0 Å². The highest BCUT2D eigenvalue weighted by Gasteiger charge is 2.27. The minimum Gasteiger partial charge on any atom is -0.492 e. The molecule has 1 aliphatic heterocycles. The first kappa shape index (κ1) is 19.4. The quantitative estimate of drug-likeness (QED) is 0.688. The molecule has 0 atom stereocenters. The summed E-state index contributed by atoms with van der Waals surface area (Å²) < 4.78 is 37.2. The molecule has 9 heteroatoms. The lowest BCUT2D eigenvalue weighted by molar-refractivity contribution is 0.0730. The standard InChI is InChI=1S/C18H23N3O5S/c1-14-2-4-15(5-3-14)26-9-6-19-18(22)17-12-16(13-20-17)27(23,24)21-7-10-25-11-8-21/h2-5,12-13,20H,6-11H2,1H3,(H,19,22). The second kappa shape index (κ2) is 8.55. The van der Waals surface area contributed by atoms with E-state index >= 15 is 0 Å². The first-order valence-electron chi connectivity index (χ1n) is 8.71. The number of carbonyl (C=O) groups excluding carboxylic acids is 1. The molecule has 2 heterocycles. The summed E-state index contributed by atoms with van der Waals surface area (Å²) in [5, 5.41) is 2.70. The molecular formula is C18H23N3O5S. The number of aryl methyl sites for hydroxylation is 1. The molecule has 1 aliphatic rings. The fraction of sp³-hybridized carbons (Fsp3) is 0.389. The summed E-state index contributed by atoms with van der Waals surface area (Å²) in [6.07, 6.45) is 1.34. The van der Waals surface area contributed by atoms with E-state index in [-0.39, 0.29) is 16.5 Å². The van der Waals surface area contributed by atoms with Gasteiger partial charge in [0.2, 0.25) is 10.0 Å². The lowest BCUT2D eigenvalue weighted by Gasteiger charge is -2.25. The van der Waals surface area contributed by atoms with Crippen LogP contribution in [0, 0.1) is 6.92 Å². The van der Waals surface area contributed by atoms with Gasteiger partial charge in [0.25, 0.3) is 5.91 Å². The number of benzene rings is 1. The maximum Gasteiger partial charge on any atom is 0.267 e. The van der Waals surface area contributed by atoms with Crippen LogP contribution >= 0.6 is 0 Å². The van der Waals surface area contributed by atoms with Crippen LogP contribution in [0.1, 0.15) is 16.1 Å². The van der Waals surface area contributed by atoms with Gasteiger partial charge in [-0.3, -0.25) is 4.79 Å². The molecule has 8 nitrogen and oxygen atoms in total. The molecule has 1 saturated heterocycles. The van der Waals surface area contributed by atoms with Gasteiger partial charge in [0.1, 0.15) is 22.9 Å². The van der Waals surface area contributed by atoms with Gasteiger partial charge in [-0.2, -0.15) is 4.31 Å². The normalized spacial score (nSPS) is 15.4. The Balaban J connectivity index is 1.51. The number of carbonyl (C=O) groups is 1. The van der Waals surface area contributed by atoms with Crippen LogP contribution in [-0.4, -0.2) is 63.1 Å². The van der Waals surface area contributed by atoms with E-state index in [4.69, 9.17) is 9.47 Å². The second-order valence-corrected chi connectivity index (χ2v) is 8.12. The number of aromatic nitrogens is 1. The van der Waals surface area contributed by atoms with Gasteiger partial charge in [0.05, 0.1) is 19.8 Å². The molecule has 0 aliphatic carbocycles. The number of aromatic amines is 1. The SMILES string of the molecule is Cc1ccc(OCCNC(=O)c2cc(S(=O)(=O)N3CCOCC3)c[nH]2)cc1. The number of ether oxygens (including phenoxy) is 2. The third-order valence-electron chi connectivity index (χ3n) is 4.19. The van der Waals surface area contributed by atoms with Crippen molar-refractivity contribution in [3.63, 3.8) is 0 Å². The molecule has 0 radical (unpaired) electrons. The summed E-state index contributed by atoms with van der Waals surface area (Å²) in [5.74, 6) is 0.347. The highest BCUT2D eigenvalue weighted by Crippen LogP contribution is 2.18. The summed E-state index contributed by atoms with van der Waals surface area (Å²) in [4.78, 5) is 15.0. The topological polar surface area (TPSA) is 101 Å². The lowest BCUT2D eigenvalue weighted by Crippen LogP contribution is -2.40. The van der Waals surface area contributed by atoms with Gasteiger partial charge >= 0.3 is 0 Å². The molecule has 146 valence electrons. The lowest BCUT2D eigenvalue weighted by atomic mass is 10.2. The van der Waals surface area contributed by atoms with Gasteiger partial charge in [0.15, 0.2) is 0 Å². The van der Waals surface area contributed by atoms with Gasteiger partial charge in [-0.1, -0.05) is 17.7 Å². The van der Waals surface area contributed by atoms with E-state index in [9.17, 15) is 13.2 Å². The Bertz CT molecular complexity index is 871. The minimum atomic E-state index is -3.62. The average molecular weight is 393 g/mol. The number of morpholine rings is 1. The number of hydrogen-bond acceptors (Lipinski definition) is 5. The van der Waals surface area contributed by atoms with Crippen LogP contribution in [0.4, 0.5) is 0 Å². The van der Waals surface area contributed by atoms with Crippen molar-refractivity contribution in [3.8, 4) is 5.75 Å². The van der Waals surface area contributed by atoms with Crippen LogP contribution in [-0.2, 0) is 14.8 Å². The Morgan fingerprint density at radius 2 is 1.96 bits per heavy atom. The molecule has 0 saturated carbocycles. The maximum absolute atomic E-state index is 12.6. The number of H-pyrrole nitrogens is 1. The molecule has 1 fully saturated rings. The van der Waals surface area contributed by atoms with E-state index in [0.29, 0.717) is 39.5 Å². The molecule has 2 N–H and O–H groups in total. The molecule has 3 rings (SSSR count). The second-order valence-electron chi connectivity index (χ2n) is 6.18. The van der Waals surface area contributed by atoms with Crippen molar-refractivity contribution in [3.05, 3.63) is 47.8 Å². The number of nitrogens with zero attached hydrogens (tertiary/aromatic N) is 1. The Hall–Kier alpha value is -2.36. The monoisotopic (exact) mass is 393 g/mol. The summed E-state index contributed by atoms with van der Waals surface area (Å²) in [6.45, 7) is 3.98. The average Bonchev–Trinajstić information content (AvgIpc) is 3.18. The highest BCUT2D eigenvalue weighted by atomic mass is 32.2. The highest BCUT2D eigenvalue weighted by molar-refractivity contribution is 7.89. The fourth-order valence-electron chi connectivity index (χ4n) is 2.65. The Kier molecular flexibility index (Phi) is 6.15. The summed E-state index contributed by atoms with van der Waals surface area (Å²) in [5.41, 5.74) is 1.34. The molecule has 2 aromatic rings. The number of hydrogen-bond donors (Lipinski definition) is 2. The number of nitrogens with one attached hydrogen (secondary N) is 2. The smallest absolute Gasteiger partial charge is 0.267 e. The van der Waals surface area contributed by atoms with E-state index in [1.807, 2.05) is 31.2 Å². The zero-order valence-corrected chi connectivity index (χ0v) is 15.9. The number of amides is 1. The Morgan fingerprint density at radius 3 is 2.67 bits per heavy atom. The zero-order valence-electron chi connectivity index (χ0n) is 15.1. The molecular weight excluding hydrogens is 370 g/mol. The third kappa shape index (κ3) is 4.88. The molecule has 1 aromatic heterocycles. The van der Waals surface area contributed by atoms with E-state index in [1.165, 1.54) is 16.6 Å². The van der Waals surface area contributed by atoms with Crippen molar-refractivity contribution in [1.82, 2.24) is 14.6 Å². The van der Waals surface area contributed by atoms with Crippen molar-refractivity contribution >= 4 is 15.9 Å². The first-order valence-corrected chi connectivity index (χ1v) is 10.1. The predicted octanol–water partition coefficient (Wildman–Crippen LogP) is 1.15. The van der Waals surface area contributed by atoms with Crippen LogP contribution in [0.25, 0.3) is 0 Å². The van der Waals surface area contributed by atoms with Crippen LogP contribution < -0.4 is 10.1 Å². The zero-order chi connectivity index (χ0) is 19.3. The number of rotatable bonds is 7. The van der Waals surface area contributed by atoms with Crippen LogP contribution in [0.15, 0.2) is 41.4 Å². The van der Waals surface area contributed by atoms with E-state index in [2.05, 4.69) is 10.3 Å². The van der Waals surface area contributed by atoms with Crippen molar-refractivity contribution < 1.29 is 22.7 Å². The van der Waals surface area contributed by atoms with Gasteiger partial charge < -0.3 is 19.8 Å². The predicted molar refractivity (Wildman–Crippen MR) is 99.4 cm³/mol. The van der Waals surface area contributed by atoms with E-state index in [0.717, 1.165) is 11.3 Å². The maximum atomic E-state index is 12.6.